The number of fused-ring (bicyclic) bond motifs is 1. The van der Waals surface area contributed by atoms with E-state index in [-0.39, 0.29) is 11.8 Å². The third-order valence-electron chi connectivity index (χ3n) is 7.30. The van der Waals surface area contributed by atoms with Crippen LogP contribution in [0.4, 0.5) is 5.69 Å². The molecule has 0 spiro atoms. The van der Waals surface area contributed by atoms with Crippen molar-refractivity contribution >= 4 is 34.4 Å². The first-order valence-corrected chi connectivity index (χ1v) is 14.0. The van der Waals surface area contributed by atoms with E-state index in [9.17, 15) is 9.59 Å². The molecule has 0 radical (unpaired) electrons. The molecule has 0 aromatic heterocycles. The minimum absolute atomic E-state index is 0.125. The van der Waals surface area contributed by atoms with Crippen LogP contribution >= 0.6 is 11.8 Å². The molecule has 38 heavy (non-hydrogen) atoms. The predicted molar refractivity (Wildman–Crippen MR) is 153 cm³/mol. The van der Waals surface area contributed by atoms with Crippen LogP contribution in [0.5, 0.6) is 5.75 Å². The molecule has 2 aromatic rings. The molecule has 8 heteroatoms. The molecule has 2 amide bonds. The van der Waals surface area contributed by atoms with E-state index in [4.69, 9.17) is 9.73 Å². The molecule has 1 atom stereocenters. The number of thioether (sulfide) groups is 1. The number of hydrogen-bond acceptors (Lipinski definition) is 6. The summed E-state index contributed by atoms with van der Waals surface area (Å²) in [6.45, 7) is 7.85. The highest BCUT2D eigenvalue weighted by Gasteiger charge is 2.41. The van der Waals surface area contributed by atoms with Gasteiger partial charge in [-0.2, -0.15) is 0 Å². The molecule has 5 rings (SSSR count). The predicted octanol–water partition coefficient (Wildman–Crippen LogP) is 6.04. The van der Waals surface area contributed by atoms with Crippen LogP contribution in [0.2, 0.25) is 0 Å². The average Bonchev–Trinajstić information content (AvgIpc) is 3.59. The summed E-state index contributed by atoms with van der Waals surface area (Å²) in [4.78, 5) is 35.8. The van der Waals surface area contributed by atoms with Gasteiger partial charge in [0.1, 0.15) is 5.75 Å². The number of aliphatic imine (C=N–C) groups is 1. The van der Waals surface area contributed by atoms with Crippen LogP contribution in [-0.4, -0.2) is 47.0 Å². The van der Waals surface area contributed by atoms with Gasteiger partial charge in [-0.3, -0.25) is 9.59 Å². The van der Waals surface area contributed by atoms with Crippen molar-refractivity contribution in [3.8, 4) is 5.75 Å². The lowest BCUT2D eigenvalue weighted by molar-refractivity contribution is -0.129. The van der Waals surface area contributed by atoms with Crippen molar-refractivity contribution in [2.45, 2.75) is 52.0 Å². The van der Waals surface area contributed by atoms with Crippen LogP contribution in [0.15, 0.2) is 75.9 Å². The second-order valence-electron chi connectivity index (χ2n) is 10.2. The van der Waals surface area contributed by atoms with Gasteiger partial charge in [0.15, 0.2) is 5.17 Å². The first kappa shape index (κ1) is 26.1. The summed E-state index contributed by atoms with van der Waals surface area (Å²) in [6, 6.07) is 15.3. The fraction of sp³-hybridized carbons (Fsp3) is 0.367. The van der Waals surface area contributed by atoms with E-state index in [1.54, 1.807) is 7.11 Å². The number of carbonyl (C=O) groups excluding carboxylic acids is 2. The standard InChI is InChI=1S/C30H34N4O3S/c1-19(2)21-7-9-22(10-8-21)28-27(29(36)32-23-11-13-25(37-4)14-12-23)20(3)31-30-34(28)24(18-38-30)17-26(35)33-15-5-6-16-33/h7-14,18-19,28H,5-6,15-17H2,1-4H3,(H,32,36)/t28-/m1/s1. The lowest BCUT2D eigenvalue weighted by atomic mass is 9.91. The van der Waals surface area contributed by atoms with E-state index >= 15 is 0 Å². The lowest BCUT2D eigenvalue weighted by Gasteiger charge is -2.37. The maximum absolute atomic E-state index is 13.8. The van der Waals surface area contributed by atoms with Gasteiger partial charge in [-0.25, -0.2) is 4.99 Å². The molecule has 3 aliphatic heterocycles. The molecule has 0 aliphatic carbocycles. The highest BCUT2D eigenvalue weighted by molar-refractivity contribution is 8.16. The molecule has 198 valence electrons. The van der Waals surface area contributed by atoms with Gasteiger partial charge in [-0.1, -0.05) is 49.9 Å². The molecule has 0 saturated carbocycles. The van der Waals surface area contributed by atoms with Crippen LogP contribution in [-0.2, 0) is 9.59 Å². The zero-order valence-corrected chi connectivity index (χ0v) is 23.2. The second kappa shape index (κ2) is 11.1. The van der Waals surface area contributed by atoms with Gasteiger partial charge in [0.05, 0.1) is 30.8 Å². The van der Waals surface area contributed by atoms with E-state index in [0.29, 0.717) is 29.3 Å². The van der Waals surface area contributed by atoms with E-state index < -0.39 is 6.04 Å². The van der Waals surface area contributed by atoms with Gasteiger partial charge in [-0.05, 0) is 66.5 Å². The van der Waals surface area contributed by atoms with Crippen molar-refractivity contribution in [1.29, 1.82) is 0 Å². The summed E-state index contributed by atoms with van der Waals surface area (Å²) < 4.78 is 5.25. The van der Waals surface area contributed by atoms with Crippen LogP contribution in [0.25, 0.3) is 0 Å². The Hall–Kier alpha value is -3.52. The Morgan fingerprint density at radius 2 is 1.76 bits per heavy atom. The summed E-state index contributed by atoms with van der Waals surface area (Å²) in [6.07, 6.45) is 2.40. The molecule has 3 aliphatic rings. The molecule has 0 unspecified atom stereocenters. The molecule has 3 heterocycles. The third kappa shape index (κ3) is 5.23. The number of methoxy groups -OCH3 is 1. The topological polar surface area (TPSA) is 74.2 Å². The molecule has 0 bridgehead atoms. The number of rotatable bonds is 7. The number of hydrogen-bond donors (Lipinski definition) is 1. The number of anilines is 1. The number of likely N-dealkylation sites (tertiary alicyclic amines) is 1. The van der Waals surface area contributed by atoms with Gasteiger partial charge in [0, 0.05) is 24.5 Å². The summed E-state index contributed by atoms with van der Waals surface area (Å²) >= 11 is 1.51. The van der Waals surface area contributed by atoms with Crippen LogP contribution in [0.1, 0.15) is 63.1 Å². The molecule has 7 nitrogen and oxygen atoms in total. The Bertz CT molecular complexity index is 1310. The van der Waals surface area contributed by atoms with Crippen molar-refractivity contribution < 1.29 is 14.3 Å². The number of amidine groups is 1. The highest BCUT2D eigenvalue weighted by atomic mass is 32.2. The smallest absolute Gasteiger partial charge is 0.255 e. The number of nitrogens with zero attached hydrogens (tertiary/aromatic N) is 3. The minimum Gasteiger partial charge on any atom is -0.497 e. The summed E-state index contributed by atoms with van der Waals surface area (Å²) in [7, 11) is 1.61. The van der Waals surface area contributed by atoms with E-state index in [0.717, 1.165) is 48.1 Å². The Morgan fingerprint density at radius 3 is 2.39 bits per heavy atom. The van der Waals surface area contributed by atoms with Gasteiger partial charge in [-0.15, -0.1) is 0 Å². The maximum atomic E-state index is 13.8. The molecule has 1 saturated heterocycles. The second-order valence-corrected chi connectivity index (χ2v) is 11.0. The summed E-state index contributed by atoms with van der Waals surface area (Å²) in [5, 5.41) is 5.86. The summed E-state index contributed by atoms with van der Waals surface area (Å²) in [5.74, 6) is 1.04. The number of allylic oxidation sites excluding steroid dienone is 1. The molecule has 1 fully saturated rings. The molecular formula is C30H34N4O3S. The van der Waals surface area contributed by atoms with Gasteiger partial charge in [0.25, 0.3) is 5.91 Å². The van der Waals surface area contributed by atoms with E-state index in [1.807, 2.05) is 41.5 Å². The van der Waals surface area contributed by atoms with Crippen molar-refractivity contribution in [1.82, 2.24) is 9.80 Å². The fourth-order valence-corrected chi connectivity index (χ4v) is 6.11. The Morgan fingerprint density at radius 1 is 1.08 bits per heavy atom. The van der Waals surface area contributed by atoms with Gasteiger partial charge in [0.2, 0.25) is 5.91 Å². The lowest BCUT2D eigenvalue weighted by Crippen LogP contribution is -2.39. The normalized spacial score (nSPS) is 18.9. The molecule has 2 aromatic carbocycles. The minimum atomic E-state index is -0.394. The quantitative estimate of drug-likeness (QED) is 0.472. The Labute approximate surface area is 228 Å². The van der Waals surface area contributed by atoms with Gasteiger partial charge < -0.3 is 19.9 Å². The number of ether oxygens (including phenoxy) is 1. The highest BCUT2D eigenvalue weighted by Crippen LogP contribution is 2.45. The number of nitrogens with one attached hydrogen (secondary N) is 1. The van der Waals surface area contributed by atoms with Crippen molar-refractivity contribution in [2.75, 3.05) is 25.5 Å². The zero-order chi connectivity index (χ0) is 26.8. The summed E-state index contributed by atoms with van der Waals surface area (Å²) in [5.41, 5.74) is 5.03. The monoisotopic (exact) mass is 530 g/mol. The van der Waals surface area contributed by atoms with E-state index in [2.05, 4.69) is 48.3 Å². The first-order chi connectivity index (χ1) is 18.4. The number of carbonyl (C=O) groups is 2. The molecule has 1 N–H and O–H groups in total. The van der Waals surface area contributed by atoms with Crippen molar-refractivity contribution in [2.24, 2.45) is 4.99 Å². The fourth-order valence-electron chi connectivity index (χ4n) is 5.14. The third-order valence-corrected chi connectivity index (χ3v) is 8.19. The molecular weight excluding hydrogens is 496 g/mol. The largest absolute Gasteiger partial charge is 0.497 e. The Kier molecular flexibility index (Phi) is 7.61. The first-order valence-electron chi connectivity index (χ1n) is 13.1. The maximum Gasteiger partial charge on any atom is 0.255 e. The van der Waals surface area contributed by atoms with Crippen LogP contribution < -0.4 is 10.1 Å². The number of benzene rings is 2. The van der Waals surface area contributed by atoms with Crippen molar-refractivity contribution in [3.63, 3.8) is 0 Å². The number of amides is 2. The SMILES string of the molecule is COc1ccc(NC(=O)C2=C(C)N=C3SC=C(CC(=O)N4CCCC4)N3[C@@H]2c2ccc(C(C)C)cc2)cc1. The van der Waals surface area contributed by atoms with Crippen LogP contribution in [0, 0.1) is 0 Å². The van der Waals surface area contributed by atoms with Crippen LogP contribution in [0.3, 0.4) is 0 Å². The van der Waals surface area contributed by atoms with Crippen molar-refractivity contribution in [3.05, 3.63) is 82.0 Å². The van der Waals surface area contributed by atoms with Gasteiger partial charge >= 0.3 is 0 Å². The zero-order valence-electron chi connectivity index (χ0n) is 22.4. The average molecular weight is 531 g/mol. The Balaban J connectivity index is 1.50. The van der Waals surface area contributed by atoms with E-state index in [1.165, 1.54) is 17.3 Å².